The minimum absolute atomic E-state index is 0.0499. The van der Waals surface area contributed by atoms with Crippen molar-refractivity contribution in [1.82, 2.24) is 4.98 Å². The van der Waals surface area contributed by atoms with Gasteiger partial charge in [0.15, 0.2) is 0 Å². The molecule has 2 rings (SSSR count). The Morgan fingerprint density at radius 3 is 2.33 bits per heavy atom. The lowest BCUT2D eigenvalue weighted by atomic mass is 9.86. The maximum Gasteiger partial charge on any atom is 0.149 e. The van der Waals surface area contributed by atoms with Gasteiger partial charge >= 0.3 is 0 Å². The zero-order valence-electron chi connectivity index (χ0n) is 11.7. The lowest BCUT2D eigenvalue weighted by Crippen LogP contribution is -2.11. The molecule has 1 heterocycles. The average molecular weight is 245 g/mol. The third-order valence-electron chi connectivity index (χ3n) is 3.23. The van der Waals surface area contributed by atoms with Crippen molar-refractivity contribution in [3.05, 3.63) is 41.3 Å². The van der Waals surface area contributed by atoms with E-state index in [-0.39, 0.29) is 11.2 Å². The van der Waals surface area contributed by atoms with Gasteiger partial charge in [-0.1, -0.05) is 40.7 Å². The molecule has 1 aromatic carbocycles. The number of hydrogen-bond donors (Lipinski definition) is 0. The molecule has 0 saturated heterocycles. The first kappa shape index (κ1) is 13.0. The second kappa shape index (κ2) is 4.34. The molecule has 0 saturated carbocycles. The summed E-state index contributed by atoms with van der Waals surface area (Å²) in [4.78, 5) is 4.42. The number of pyridine rings is 1. The Bertz CT molecular complexity index is 579. The standard InChI is InChI=1S/C16H20FN/c1-10(2)14-7-6-11-8-12(16(3,4)5)9-13(17)15(11)18-14/h6-10H,1-5H3. The first-order valence-corrected chi connectivity index (χ1v) is 6.39. The maximum absolute atomic E-state index is 14.2. The van der Waals surface area contributed by atoms with Crippen LogP contribution in [0.15, 0.2) is 24.3 Å². The van der Waals surface area contributed by atoms with E-state index >= 15 is 0 Å². The molecule has 0 aliphatic rings. The molecule has 0 unspecified atom stereocenters. The van der Waals surface area contributed by atoms with Crippen molar-refractivity contribution in [2.75, 3.05) is 0 Å². The summed E-state index contributed by atoms with van der Waals surface area (Å²) in [5.41, 5.74) is 2.37. The van der Waals surface area contributed by atoms with E-state index in [2.05, 4.69) is 39.6 Å². The highest BCUT2D eigenvalue weighted by Crippen LogP contribution is 2.28. The van der Waals surface area contributed by atoms with Crippen LogP contribution in [0, 0.1) is 5.82 Å². The SMILES string of the molecule is CC(C)c1ccc2cc(C(C)(C)C)cc(F)c2n1. The van der Waals surface area contributed by atoms with Crippen LogP contribution in [-0.4, -0.2) is 4.98 Å². The number of fused-ring (bicyclic) bond motifs is 1. The van der Waals surface area contributed by atoms with Crippen LogP contribution < -0.4 is 0 Å². The molecule has 0 fully saturated rings. The molecule has 0 radical (unpaired) electrons. The lowest BCUT2D eigenvalue weighted by molar-refractivity contribution is 0.576. The van der Waals surface area contributed by atoms with Gasteiger partial charge in [-0.05, 0) is 35.1 Å². The van der Waals surface area contributed by atoms with Gasteiger partial charge in [0.25, 0.3) is 0 Å². The molecule has 18 heavy (non-hydrogen) atoms. The summed E-state index contributed by atoms with van der Waals surface area (Å²) in [6, 6.07) is 7.60. The molecule has 1 nitrogen and oxygen atoms in total. The molecule has 2 heteroatoms. The predicted octanol–water partition coefficient (Wildman–Crippen LogP) is 4.79. The van der Waals surface area contributed by atoms with Gasteiger partial charge < -0.3 is 0 Å². The van der Waals surface area contributed by atoms with Crippen molar-refractivity contribution in [2.45, 2.75) is 46.0 Å². The zero-order chi connectivity index (χ0) is 13.5. The van der Waals surface area contributed by atoms with Crippen LogP contribution >= 0.6 is 0 Å². The second-order valence-corrected chi connectivity index (χ2v) is 6.17. The molecule has 0 amide bonds. The summed E-state index contributed by atoms with van der Waals surface area (Å²) in [6.45, 7) is 10.4. The Kier molecular flexibility index (Phi) is 3.14. The molecule has 0 N–H and O–H groups in total. The molecule has 0 spiro atoms. The van der Waals surface area contributed by atoms with Gasteiger partial charge in [-0.15, -0.1) is 0 Å². The lowest BCUT2D eigenvalue weighted by Gasteiger charge is -2.20. The highest BCUT2D eigenvalue weighted by atomic mass is 19.1. The zero-order valence-corrected chi connectivity index (χ0v) is 11.7. The fourth-order valence-electron chi connectivity index (χ4n) is 1.96. The van der Waals surface area contributed by atoms with Crippen LogP contribution in [0.3, 0.4) is 0 Å². The van der Waals surface area contributed by atoms with E-state index in [4.69, 9.17) is 0 Å². The smallest absolute Gasteiger partial charge is 0.149 e. The highest BCUT2D eigenvalue weighted by molar-refractivity contribution is 5.80. The minimum Gasteiger partial charge on any atom is -0.249 e. The van der Waals surface area contributed by atoms with Crippen molar-refractivity contribution >= 4 is 10.9 Å². The van der Waals surface area contributed by atoms with Gasteiger partial charge in [-0.25, -0.2) is 9.37 Å². The van der Waals surface area contributed by atoms with E-state index in [0.29, 0.717) is 11.4 Å². The summed E-state index contributed by atoms with van der Waals surface area (Å²) in [5.74, 6) is 0.0935. The van der Waals surface area contributed by atoms with Crippen molar-refractivity contribution in [1.29, 1.82) is 0 Å². The van der Waals surface area contributed by atoms with E-state index in [1.54, 1.807) is 6.07 Å². The summed E-state index contributed by atoms with van der Waals surface area (Å²) in [7, 11) is 0. The van der Waals surface area contributed by atoms with Gasteiger partial charge in [-0.3, -0.25) is 0 Å². The molecule has 1 aromatic heterocycles. The minimum atomic E-state index is -0.222. The fraction of sp³-hybridized carbons (Fsp3) is 0.438. The second-order valence-electron chi connectivity index (χ2n) is 6.17. The normalized spacial score (nSPS) is 12.4. The van der Waals surface area contributed by atoms with E-state index in [9.17, 15) is 4.39 Å². The van der Waals surface area contributed by atoms with E-state index < -0.39 is 0 Å². The Hall–Kier alpha value is -1.44. The monoisotopic (exact) mass is 245 g/mol. The van der Waals surface area contributed by atoms with Gasteiger partial charge in [-0.2, -0.15) is 0 Å². The van der Waals surface area contributed by atoms with E-state index in [0.717, 1.165) is 16.6 Å². The predicted molar refractivity (Wildman–Crippen MR) is 74.5 cm³/mol. The number of hydrogen-bond acceptors (Lipinski definition) is 1. The van der Waals surface area contributed by atoms with Crippen LogP contribution in [0.4, 0.5) is 4.39 Å². The third kappa shape index (κ3) is 2.38. The molecule has 0 atom stereocenters. The van der Waals surface area contributed by atoms with Crippen LogP contribution in [0.2, 0.25) is 0 Å². The number of nitrogens with zero attached hydrogens (tertiary/aromatic N) is 1. The number of benzene rings is 1. The molecule has 0 aliphatic carbocycles. The Morgan fingerprint density at radius 1 is 1.11 bits per heavy atom. The molecule has 2 aromatic rings. The molecule has 0 aliphatic heterocycles. The van der Waals surface area contributed by atoms with Gasteiger partial charge in [0, 0.05) is 11.1 Å². The van der Waals surface area contributed by atoms with Gasteiger partial charge in [0.05, 0.1) is 0 Å². The molecule has 96 valence electrons. The molecular formula is C16H20FN. The van der Waals surface area contributed by atoms with E-state index in [1.807, 2.05) is 18.2 Å². The Balaban J connectivity index is 2.66. The Labute approximate surface area is 108 Å². The first-order chi connectivity index (χ1) is 8.29. The summed E-state index contributed by atoms with van der Waals surface area (Å²) in [5, 5.41) is 0.879. The number of halogens is 1. The van der Waals surface area contributed by atoms with Crippen LogP contribution in [-0.2, 0) is 5.41 Å². The van der Waals surface area contributed by atoms with Crippen molar-refractivity contribution in [3.63, 3.8) is 0 Å². The van der Waals surface area contributed by atoms with Crippen LogP contribution in [0.25, 0.3) is 10.9 Å². The fourth-order valence-corrected chi connectivity index (χ4v) is 1.96. The first-order valence-electron chi connectivity index (χ1n) is 6.39. The van der Waals surface area contributed by atoms with Crippen molar-refractivity contribution < 1.29 is 4.39 Å². The maximum atomic E-state index is 14.2. The Morgan fingerprint density at radius 2 is 1.78 bits per heavy atom. The van der Waals surface area contributed by atoms with Crippen molar-refractivity contribution in [2.24, 2.45) is 0 Å². The highest BCUT2D eigenvalue weighted by Gasteiger charge is 2.17. The van der Waals surface area contributed by atoms with Crippen LogP contribution in [0.5, 0.6) is 0 Å². The summed E-state index contributed by atoms with van der Waals surface area (Å²) in [6.07, 6.45) is 0. The number of rotatable bonds is 1. The topological polar surface area (TPSA) is 12.9 Å². The molecular weight excluding hydrogens is 225 g/mol. The van der Waals surface area contributed by atoms with E-state index in [1.165, 1.54) is 0 Å². The number of aromatic nitrogens is 1. The summed E-state index contributed by atoms with van der Waals surface area (Å²) < 4.78 is 14.2. The van der Waals surface area contributed by atoms with Gasteiger partial charge in [0.2, 0.25) is 0 Å². The van der Waals surface area contributed by atoms with Crippen LogP contribution in [0.1, 0.15) is 51.8 Å². The quantitative estimate of drug-likeness (QED) is 0.703. The van der Waals surface area contributed by atoms with Gasteiger partial charge in [0.1, 0.15) is 11.3 Å². The third-order valence-corrected chi connectivity index (χ3v) is 3.23. The summed E-state index contributed by atoms with van der Waals surface area (Å²) >= 11 is 0. The molecule has 0 bridgehead atoms. The average Bonchev–Trinajstić information content (AvgIpc) is 2.27. The largest absolute Gasteiger partial charge is 0.249 e. The van der Waals surface area contributed by atoms with Crippen molar-refractivity contribution in [3.8, 4) is 0 Å².